The van der Waals surface area contributed by atoms with Gasteiger partial charge in [-0.05, 0) is 12.1 Å². The molecule has 0 amide bonds. The number of rotatable bonds is 4. The average molecular weight is 390 g/mol. The molecule has 0 saturated carbocycles. The minimum atomic E-state index is -4.90. The summed E-state index contributed by atoms with van der Waals surface area (Å²) in [5, 5.41) is 3.11. The average Bonchev–Trinajstić information content (AvgIpc) is 2.99. The standard InChI is InChI=1S/C15H17F3N4O3S/c1-21-7-6-20-14(21)13-10-19-5-8-22(13)26(23,24)12-4-2-3-11(9-12)25-15(16,17)18/h2-4,6-7,9,13,19H,5,8,10H2,1H3. The molecule has 1 aromatic heterocycles. The lowest BCUT2D eigenvalue weighted by molar-refractivity contribution is -0.274. The van der Waals surface area contributed by atoms with E-state index in [1.807, 2.05) is 0 Å². The Hall–Kier alpha value is -2.11. The number of benzene rings is 1. The number of piperazine rings is 1. The lowest BCUT2D eigenvalue weighted by atomic mass is 10.2. The first kappa shape index (κ1) is 18.7. The van der Waals surface area contributed by atoms with Gasteiger partial charge in [0.25, 0.3) is 0 Å². The van der Waals surface area contributed by atoms with Crippen LogP contribution in [0.2, 0.25) is 0 Å². The van der Waals surface area contributed by atoms with Crippen LogP contribution >= 0.6 is 0 Å². The van der Waals surface area contributed by atoms with Crippen molar-refractivity contribution in [3.63, 3.8) is 0 Å². The Morgan fingerprint density at radius 1 is 1.35 bits per heavy atom. The number of aryl methyl sites for hydroxylation is 1. The van der Waals surface area contributed by atoms with Crippen LogP contribution < -0.4 is 10.1 Å². The third kappa shape index (κ3) is 3.84. The predicted octanol–water partition coefficient (Wildman–Crippen LogP) is 1.65. The Morgan fingerprint density at radius 3 is 2.77 bits per heavy atom. The van der Waals surface area contributed by atoms with Crippen molar-refractivity contribution in [3.05, 3.63) is 42.5 Å². The number of sulfonamides is 1. The van der Waals surface area contributed by atoms with E-state index in [9.17, 15) is 21.6 Å². The minimum Gasteiger partial charge on any atom is -0.406 e. The van der Waals surface area contributed by atoms with Crippen LogP contribution in [0, 0.1) is 0 Å². The van der Waals surface area contributed by atoms with Gasteiger partial charge < -0.3 is 14.6 Å². The largest absolute Gasteiger partial charge is 0.573 e. The highest BCUT2D eigenvalue weighted by atomic mass is 32.2. The van der Waals surface area contributed by atoms with E-state index in [4.69, 9.17) is 0 Å². The van der Waals surface area contributed by atoms with Crippen molar-refractivity contribution >= 4 is 10.0 Å². The SMILES string of the molecule is Cn1ccnc1C1CNCCN1S(=O)(=O)c1cccc(OC(F)(F)F)c1. The lowest BCUT2D eigenvalue weighted by Crippen LogP contribution is -2.49. The minimum absolute atomic E-state index is 0.171. The Balaban J connectivity index is 1.96. The Kier molecular flexibility index (Phi) is 4.95. The van der Waals surface area contributed by atoms with E-state index < -0.39 is 28.2 Å². The molecule has 2 aromatic rings. The van der Waals surface area contributed by atoms with E-state index in [0.717, 1.165) is 12.1 Å². The number of nitrogens with zero attached hydrogens (tertiary/aromatic N) is 3. The van der Waals surface area contributed by atoms with Crippen molar-refractivity contribution in [3.8, 4) is 5.75 Å². The topological polar surface area (TPSA) is 76.5 Å². The fraction of sp³-hybridized carbons (Fsp3) is 0.400. The molecule has 1 atom stereocenters. The lowest BCUT2D eigenvalue weighted by Gasteiger charge is -2.34. The summed E-state index contributed by atoms with van der Waals surface area (Å²) in [6, 6.07) is 3.82. The van der Waals surface area contributed by atoms with E-state index in [1.54, 1.807) is 24.0 Å². The molecular weight excluding hydrogens is 373 g/mol. The molecule has 1 saturated heterocycles. The zero-order valence-corrected chi connectivity index (χ0v) is 14.6. The number of halogens is 3. The predicted molar refractivity (Wildman–Crippen MR) is 85.8 cm³/mol. The molecule has 1 aromatic carbocycles. The highest BCUT2D eigenvalue weighted by Crippen LogP contribution is 2.30. The summed E-state index contributed by atoms with van der Waals surface area (Å²) in [7, 11) is -2.29. The quantitative estimate of drug-likeness (QED) is 0.859. The maximum absolute atomic E-state index is 13.0. The van der Waals surface area contributed by atoms with Crippen LogP contribution in [0.25, 0.3) is 0 Å². The van der Waals surface area contributed by atoms with Gasteiger partial charge >= 0.3 is 6.36 Å². The zero-order valence-electron chi connectivity index (χ0n) is 13.8. The molecule has 2 heterocycles. The molecule has 26 heavy (non-hydrogen) atoms. The van der Waals surface area contributed by atoms with Crippen LogP contribution in [-0.4, -0.2) is 48.3 Å². The van der Waals surface area contributed by atoms with Crippen LogP contribution in [0.1, 0.15) is 11.9 Å². The fourth-order valence-electron chi connectivity index (χ4n) is 2.86. The molecule has 11 heteroatoms. The third-order valence-electron chi connectivity index (χ3n) is 4.00. The third-order valence-corrected chi connectivity index (χ3v) is 5.90. The molecule has 1 N–H and O–H groups in total. The van der Waals surface area contributed by atoms with Gasteiger partial charge in [0, 0.05) is 45.1 Å². The van der Waals surface area contributed by atoms with Gasteiger partial charge in [0.1, 0.15) is 11.6 Å². The number of nitrogens with one attached hydrogen (secondary N) is 1. The second kappa shape index (κ2) is 6.89. The van der Waals surface area contributed by atoms with Gasteiger partial charge in [-0.2, -0.15) is 4.31 Å². The Labute approximate surface area is 148 Å². The van der Waals surface area contributed by atoms with Crippen LogP contribution in [-0.2, 0) is 17.1 Å². The molecule has 1 aliphatic rings. The summed E-state index contributed by atoms with van der Waals surface area (Å²) < 4.78 is 70.1. The highest BCUT2D eigenvalue weighted by molar-refractivity contribution is 7.89. The van der Waals surface area contributed by atoms with E-state index in [2.05, 4.69) is 15.0 Å². The molecule has 3 rings (SSSR count). The summed E-state index contributed by atoms with van der Waals surface area (Å²) >= 11 is 0. The van der Waals surface area contributed by atoms with Gasteiger partial charge in [-0.3, -0.25) is 0 Å². The highest BCUT2D eigenvalue weighted by Gasteiger charge is 2.37. The van der Waals surface area contributed by atoms with Crippen molar-refractivity contribution in [2.24, 2.45) is 7.05 Å². The Morgan fingerprint density at radius 2 is 2.12 bits per heavy atom. The van der Waals surface area contributed by atoms with E-state index in [-0.39, 0.29) is 11.4 Å². The normalized spacial score (nSPS) is 19.5. The Bertz CT molecular complexity index is 882. The van der Waals surface area contributed by atoms with Crippen molar-refractivity contribution in [2.45, 2.75) is 17.3 Å². The zero-order chi connectivity index (χ0) is 18.9. The first-order valence-electron chi connectivity index (χ1n) is 7.74. The number of hydrogen-bond acceptors (Lipinski definition) is 5. The van der Waals surface area contributed by atoms with Crippen LogP contribution in [0.15, 0.2) is 41.6 Å². The van der Waals surface area contributed by atoms with Gasteiger partial charge in [-0.25, -0.2) is 13.4 Å². The summed E-state index contributed by atoms with van der Waals surface area (Å²) in [6.45, 7) is 0.950. The second-order valence-corrected chi connectivity index (χ2v) is 7.65. The van der Waals surface area contributed by atoms with E-state index in [1.165, 1.54) is 16.4 Å². The molecule has 142 valence electrons. The molecular formula is C15H17F3N4O3S. The molecule has 1 aliphatic heterocycles. The summed E-state index contributed by atoms with van der Waals surface area (Å²) in [6.07, 6.45) is -1.63. The smallest absolute Gasteiger partial charge is 0.406 e. The number of hydrogen-bond donors (Lipinski definition) is 1. The van der Waals surface area contributed by atoms with Crippen LogP contribution in [0.4, 0.5) is 13.2 Å². The molecule has 7 nitrogen and oxygen atoms in total. The van der Waals surface area contributed by atoms with Crippen molar-refractivity contribution < 1.29 is 26.3 Å². The maximum atomic E-state index is 13.0. The fourth-order valence-corrected chi connectivity index (χ4v) is 4.48. The second-order valence-electron chi connectivity index (χ2n) is 5.75. The molecule has 0 aliphatic carbocycles. The number of ether oxygens (including phenoxy) is 1. The molecule has 1 fully saturated rings. The number of aromatic nitrogens is 2. The van der Waals surface area contributed by atoms with Gasteiger partial charge in [0.2, 0.25) is 10.0 Å². The molecule has 0 spiro atoms. The van der Waals surface area contributed by atoms with Gasteiger partial charge in [-0.15, -0.1) is 13.2 Å². The summed E-state index contributed by atoms with van der Waals surface area (Å²) in [4.78, 5) is 3.94. The van der Waals surface area contributed by atoms with Crippen LogP contribution in [0.3, 0.4) is 0 Å². The van der Waals surface area contributed by atoms with Crippen molar-refractivity contribution in [2.75, 3.05) is 19.6 Å². The molecule has 0 bridgehead atoms. The van der Waals surface area contributed by atoms with Crippen LogP contribution in [0.5, 0.6) is 5.75 Å². The maximum Gasteiger partial charge on any atom is 0.573 e. The number of imidazole rings is 1. The van der Waals surface area contributed by atoms with Gasteiger partial charge in [0.15, 0.2) is 0 Å². The monoisotopic (exact) mass is 390 g/mol. The van der Waals surface area contributed by atoms with Gasteiger partial charge in [0.05, 0.1) is 10.9 Å². The molecule has 1 unspecified atom stereocenters. The van der Waals surface area contributed by atoms with Gasteiger partial charge in [-0.1, -0.05) is 6.07 Å². The molecule has 0 radical (unpaired) electrons. The van der Waals surface area contributed by atoms with E-state index in [0.29, 0.717) is 18.9 Å². The van der Waals surface area contributed by atoms with E-state index >= 15 is 0 Å². The first-order valence-corrected chi connectivity index (χ1v) is 9.18. The van der Waals surface area contributed by atoms with Crippen molar-refractivity contribution in [1.29, 1.82) is 0 Å². The number of alkyl halides is 3. The summed E-state index contributed by atoms with van der Waals surface area (Å²) in [5.41, 5.74) is 0. The van der Waals surface area contributed by atoms with Crippen molar-refractivity contribution in [1.82, 2.24) is 19.2 Å². The summed E-state index contributed by atoms with van der Waals surface area (Å²) in [5.74, 6) is -0.0364. The first-order chi connectivity index (χ1) is 12.2.